The van der Waals surface area contributed by atoms with Gasteiger partial charge < -0.3 is 14.4 Å². The fourth-order valence-electron chi connectivity index (χ4n) is 8.99. The highest BCUT2D eigenvalue weighted by atomic mass is 16.5. The molecule has 0 amide bonds. The zero-order valence-electron chi connectivity index (χ0n) is 33.7. The minimum Gasteiger partial charge on any atom is -0.453 e. The molecule has 0 aliphatic carbocycles. The summed E-state index contributed by atoms with van der Waals surface area (Å²) in [5.41, 5.74) is 15.4. The second kappa shape index (κ2) is 14.7. The van der Waals surface area contributed by atoms with Crippen LogP contribution in [0.2, 0.25) is 0 Å². The molecule has 4 nitrogen and oxygen atoms in total. The molecule has 0 aromatic heterocycles. The van der Waals surface area contributed by atoms with E-state index in [4.69, 9.17) is 9.47 Å². The summed E-state index contributed by atoms with van der Waals surface area (Å²) < 4.78 is 13.1. The second-order valence-corrected chi connectivity index (χ2v) is 15.7. The van der Waals surface area contributed by atoms with Crippen LogP contribution < -0.4 is 19.3 Å². The first-order chi connectivity index (χ1) is 30.7. The van der Waals surface area contributed by atoms with Crippen molar-refractivity contribution in [2.75, 3.05) is 9.80 Å². The van der Waals surface area contributed by atoms with Crippen molar-refractivity contribution in [1.29, 1.82) is 0 Å². The average molecular weight is 795 g/mol. The van der Waals surface area contributed by atoms with Gasteiger partial charge in [0.15, 0.2) is 23.0 Å². The van der Waals surface area contributed by atoms with E-state index < -0.39 is 0 Å². The van der Waals surface area contributed by atoms with Gasteiger partial charge in [-0.1, -0.05) is 158 Å². The number of nitrogens with zero attached hydrogens (tertiary/aromatic N) is 2. The van der Waals surface area contributed by atoms with Gasteiger partial charge in [-0.05, 0) is 123 Å². The Kier molecular flexibility index (Phi) is 8.46. The summed E-state index contributed by atoms with van der Waals surface area (Å²) in [4.78, 5) is 4.62. The predicted molar refractivity (Wildman–Crippen MR) is 255 cm³/mol. The number of hydrogen-bond acceptors (Lipinski definition) is 4. The first-order valence-corrected chi connectivity index (χ1v) is 21.0. The topological polar surface area (TPSA) is 24.9 Å². The molecule has 0 radical (unpaired) electrons. The van der Waals surface area contributed by atoms with Crippen LogP contribution in [0.1, 0.15) is 0 Å². The number of ether oxygens (including phenoxy) is 2. The number of rotatable bonds is 7. The van der Waals surface area contributed by atoms with Gasteiger partial charge in [0, 0.05) is 16.8 Å². The van der Waals surface area contributed by atoms with E-state index in [9.17, 15) is 0 Å². The van der Waals surface area contributed by atoms with E-state index in [0.717, 1.165) is 90.5 Å². The van der Waals surface area contributed by atoms with E-state index >= 15 is 0 Å². The van der Waals surface area contributed by atoms with Crippen molar-refractivity contribution in [2.24, 2.45) is 0 Å². The summed E-state index contributed by atoms with van der Waals surface area (Å²) in [6.45, 7) is 0. The molecule has 0 atom stereocenters. The van der Waals surface area contributed by atoms with Crippen LogP contribution in [0.15, 0.2) is 231 Å². The lowest BCUT2D eigenvalue weighted by atomic mass is 9.96. The van der Waals surface area contributed by atoms with Crippen LogP contribution in [0.25, 0.3) is 55.3 Å². The van der Waals surface area contributed by atoms with Crippen molar-refractivity contribution in [3.05, 3.63) is 231 Å². The highest BCUT2D eigenvalue weighted by molar-refractivity contribution is 5.99. The van der Waals surface area contributed by atoms with E-state index in [-0.39, 0.29) is 0 Å². The van der Waals surface area contributed by atoms with Crippen LogP contribution in [-0.4, -0.2) is 0 Å². The number of anilines is 6. The summed E-state index contributed by atoms with van der Waals surface area (Å²) in [5, 5.41) is 2.42. The zero-order chi connectivity index (χ0) is 41.0. The Labute approximate surface area is 360 Å². The fourth-order valence-corrected chi connectivity index (χ4v) is 8.99. The third-order valence-electron chi connectivity index (χ3n) is 12.0. The lowest BCUT2D eigenvalue weighted by molar-refractivity contribution is 0.446. The molecule has 0 unspecified atom stereocenters. The van der Waals surface area contributed by atoms with Crippen LogP contribution in [0.5, 0.6) is 23.0 Å². The Morgan fingerprint density at radius 3 is 1.35 bits per heavy atom. The molecule has 0 saturated carbocycles. The Morgan fingerprint density at radius 1 is 0.306 bits per heavy atom. The molecule has 0 saturated heterocycles. The Bertz CT molecular complexity index is 3210. The van der Waals surface area contributed by atoms with Gasteiger partial charge in [-0.15, -0.1) is 0 Å². The first-order valence-electron chi connectivity index (χ1n) is 21.0. The molecule has 0 N–H and O–H groups in total. The lowest BCUT2D eigenvalue weighted by Gasteiger charge is -2.38. The molecule has 12 rings (SSSR count). The standard InChI is InChI=1S/C58H38N2O2/c1-2-12-39(13-3-1)41-28-32-48(33-29-41)59(51-21-11-15-44-14-4-5-18-50(44)51)49-34-30-42(31-35-49)40-24-26-43(27-25-40)45-16-10-17-46(36-45)47-37-56-58-57(38-47)62-55-23-9-7-20-53(55)60(58)52-19-6-8-22-54(52)61-56/h1-38H. The zero-order valence-corrected chi connectivity index (χ0v) is 33.7. The van der Waals surface area contributed by atoms with Gasteiger partial charge in [-0.25, -0.2) is 0 Å². The molecule has 2 aliphatic rings. The van der Waals surface area contributed by atoms with Gasteiger partial charge in [0.25, 0.3) is 0 Å². The maximum Gasteiger partial charge on any atom is 0.156 e. The minimum absolute atomic E-state index is 0.771. The SMILES string of the molecule is c1ccc(-c2ccc(N(c3ccc(-c4ccc(-c5cccc(-c6cc7c8c(c6)Oc6ccccc6N8c6ccccc6O7)c5)cc4)cc3)c3cccc4ccccc34)cc2)cc1. The monoisotopic (exact) mass is 794 g/mol. The van der Waals surface area contributed by atoms with Crippen molar-refractivity contribution in [3.8, 4) is 67.5 Å². The van der Waals surface area contributed by atoms with Crippen molar-refractivity contribution < 1.29 is 9.47 Å². The summed E-state index contributed by atoms with van der Waals surface area (Å²) >= 11 is 0. The molecule has 0 fully saturated rings. The smallest absolute Gasteiger partial charge is 0.156 e. The third-order valence-corrected chi connectivity index (χ3v) is 12.0. The highest BCUT2D eigenvalue weighted by Gasteiger charge is 2.35. The van der Waals surface area contributed by atoms with Gasteiger partial charge >= 0.3 is 0 Å². The molecule has 10 aromatic rings. The molecule has 10 aromatic carbocycles. The molecular weight excluding hydrogens is 757 g/mol. The fraction of sp³-hybridized carbons (Fsp3) is 0. The van der Waals surface area contributed by atoms with Crippen LogP contribution in [0, 0.1) is 0 Å². The quantitative estimate of drug-likeness (QED) is 0.160. The molecular formula is C58H38N2O2. The maximum atomic E-state index is 6.55. The largest absolute Gasteiger partial charge is 0.453 e. The summed E-state index contributed by atoms with van der Waals surface area (Å²) in [6.07, 6.45) is 0. The van der Waals surface area contributed by atoms with Gasteiger partial charge in [0.05, 0.1) is 17.1 Å². The predicted octanol–water partition coefficient (Wildman–Crippen LogP) is 16.7. The third kappa shape index (κ3) is 6.16. The molecule has 4 heteroatoms. The summed E-state index contributed by atoms with van der Waals surface area (Å²) in [5.74, 6) is 3.18. The Morgan fingerprint density at radius 2 is 0.742 bits per heavy atom. The van der Waals surface area contributed by atoms with E-state index in [1.54, 1.807) is 0 Å². The van der Waals surface area contributed by atoms with E-state index in [2.05, 4.69) is 204 Å². The minimum atomic E-state index is 0.771. The van der Waals surface area contributed by atoms with Gasteiger partial charge in [-0.2, -0.15) is 0 Å². The highest BCUT2D eigenvalue weighted by Crippen LogP contribution is 2.60. The van der Waals surface area contributed by atoms with Gasteiger partial charge in [-0.3, -0.25) is 4.90 Å². The molecule has 0 spiro atoms. The second-order valence-electron chi connectivity index (χ2n) is 15.7. The number of para-hydroxylation sites is 4. The normalized spacial score (nSPS) is 12.1. The van der Waals surface area contributed by atoms with Crippen LogP contribution in [0.4, 0.5) is 34.1 Å². The number of fused-ring (bicyclic) bond motifs is 5. The van der Waals surface area contributed by atoms with Crippen LogP contribution >= 0.6 is 0 Å². The number of benzene rings is 10. The lowest BCUT2D eigenvalue weighted by Crippen LogP contribution is -2.20. The summed E-state index contributed by atoms with van der Waals surface area (Å²) in [7, 11) is 0. The van der Waals surface area contributed by atoms with Crippen LogP contribution in [-0.2, 0) is 0 Å². The van der Waals surface area contributed by atoms with Crippen molar-refractivity contribution in [3.63, 3.8) is 0 Å². The van der Waals surface area contributed by atoms with Crippen LogP contribution in [0.3, 0.4) is 0 Å². The van der Waals surface area contributed by atoms with Crippen molar-refractivity contribution in [2.45, 2.75) is 0 Å². The van der Waals surface area contributed by atoms with Crippen molar-refractivity contribution in [1.82, 2.24) is 0 Å². The summed E-state index contributed by atoms with van der Waals surface area (Å²) in [6, 6.07) is 81.6. The number of hydrogen-bond donors (Lipinski definition) is 0. The van der Waals surface area contributed by atoms with Gasteiger partial charge in [0.2, 0.25) is 0 Å². The molecule has 292 valence electrons. The first kappa shape index (κ1) is 35.6. The molecule has 2 aliphatic heterocycles. The Balaban J connectivity index is 0.845. The van der Waals surface area contributed by atoms with Crippen molar-refractivity contribution >= 4 is 44.9 Å². The average Bonchev–Trinajstić information content (AvgIpc) is 3.35. The maximum absolute atomic E-state index is 6.55. The molecule has 0 bridgehead atoms. The van der Waals surface area contributed by atoms with E-state index in [1.165, 1.54) is 21.9 Å². The molecule has 62 heavy (non-hydrogen) atoms. The Hall–Kier alpha value is -8.34. The van der Waals surface area contributed by atoms with E-state index in [0.29, 0.717) is 0 Å². The van der Waals surface area contributed by atoms with Gasteiger partial charge in [0.1, 0.15) is 5.69 Å². The van der Waals surface area contributed by atoms with E-state index in [1.807, 2.05) is 36.4 Å². The molecule has 2 heterocycles.